The molecule has 4 rings (SSSR count). The summed E-state index contributed by atoms with van der Waals surface area (Å²) in [6.07, 6.45) is 15.1. The minimum absolute atomic E-state index is 0.139. The fourth-order valence-corrected chi connectivity index (χ4v) is 5.54. The van der Waals surface area contributed by atoms with Gasteiger partial charge in [-0.25, -0.2) is 0 Å². The number of allylic oxidation sites excluding steroid dienone is 5. The molecular weight excluding hydrogens is 404 g/mol. The van der Waals surface area contributed by atoms with E-state index in [1.807, 2.05) is 6.08 Å². The molecule has 2 nitrogen and oxygen atoms in total. The summed E-state index contributed by atoms with van der Waals surface area (Å²) in [5.41, 5.74) is 9.01. The highest BCUT2D eigenvalue weighted by Gasteiger charge is 2.45. The fraction of sp³-hybridized carbons (Fsp3) is 0.516. The number of benzene rings is 1. The highest BCUT2D eigenvalue weighted by molar-refractivity contribution is 5.98. The molecule has 3 aliphatic rings. The summed E-state index contributed by atoms with van der Waals surface area (Å²) >= 11 is 0. The van der Waals surface area contributed by atoms with E-state index >= 15 is 0 Å². The second-order valence-electron chi connectivity index (χ2n) is 10.2. The molecule has 0 spiro atoms. The van der Waals surface area contributed by atoms with Gasteiger partial charge in [-0.1, -0.05) is 69.2 Å². The van der Waals surface area contributed by atoms with Crippen molar-refractivity contribution >= 4 is 11.6 Å². The standard InChI is InChI=1S/C31H38O2/c1-4-9-25(31(33)26-16-14-24(15-17-26)23-12-13-23)11-8-6-7-10-22(5-2)28-19-18-27(21(3)32)29-20-30(28)29/h14-19,23,25,29-30H,2,4,6-13,20H2,1,3H3. The van der Waals surface area contributed by atoms with Gasteiger partial charge in [-0.3, -0.25) is 9.59 Å². The van der Waals surface area contributed by atoms with Crippen molar-refractivity contribution in [1.82, 2.24) is 0 Å². The zero-order chi connectivity index (χ0) is 23.4. The maximum absolute atomic E-state index is 13.1. The molecule has 0 aliphatic heterocycles. The van der Waals surface area contributed by atoms with E-state index in [1.165, 1.54) is 29.6 Å². The number of hydrogen-bond donors (Lipinski definition) is 0. The normalized spacial score (nSPS) is 21.9. The SMILES string of the molecule is C=C=C(CCCCCC(CCC)C(=O)c1ccc(C2CC2)cc1)C1=CC=C(C(C)=O)C2CC12. The maximum atomic E-state index is 13.1. The highest BCUT2D eigenvalue weighted by Crippen LogP contribution is 2.53. The number of hydrogen-bond acceptors (Lipinski definition) is 2. The third kappa shape index (κ3) is 5.74. The molecule has 2 fully saturated rings. The summed E-state index contributed by atoms with van der Waals surface area (Å²) in [5.74, 6) is 2.32. The Morgan fingerprint density at radius 2 is 1.70 bits per heavy atom. The van der Waals surface area contributed by atoms with Crippen LogP contribution in [0.4, 0.5) is 0 Å². The van der Waals surface area contributed by atoms with E-state index in [1.54, 1.807) is 6.92 Å². The molecule has 2 heteroatoms. The van der Waals surface area contributed by atoms with Crippen LogP contribution in [0.15, 0.2) is 65.4 Å². The van der Waals surface area contributed by atoms with Crippen molar-refractivity contribution in [1.29, 1.82) is 0 Å². The molecule has 2 saturated carbocycles. The van der Waals surface area contributed by atoms with Gasteiger partial charge in [-0.05, 0) is 91.9 Å². The van der Waals surface area contributed by atoms with E-state index in [-0.39, 0.29) is 11.7 Å². The molecule has 33 heavy (non-hydrogen) atoms. The number of Topliss-reactive ketones (excluding diaryl/α,β-unsaturated/α-hetero) is 2. The summed E-state index contributed by atoms with van der Waals surface area (Å²) in [4.78, 5) is 24.9. The van der Waals surface area contributed by atoms with Gasteiger partial charge in [0.2, 0.25) is 0 Å². The van der Waals surface area contributed by atoms with Gasteiger partial charge in [-0.15, -0.1) is 5.73 Å². The fourth-order valence-electron chi connectivity index (χ4n) is 5.54. The highest BCUT2D eigenvalue weighted by atomic mass is 16.1. The lowest BCUT2D eigenvalue weighted by Crippen LogP contribution is -2.15. The topological polar surface area (TPSA) is 34.1 Å². The van der Waals surface area contributed by atoms with Crippen LogP contribution in [0, 0.1) is 17.8 Å². The lowest BCUT2D eigenvalue weighted by molar-refractivity contribution is -0.113. The first-order valence-corrected chi connectivity index (χ1v) is 13.0. The van der Waals surface area contributed by atoms with Gasteiger partial charge >= 0.3 is 0 Å². The van der Waals surface area contributed by atoms with Crippen LogP contribution in [0.2, 0.25) is 0 Å². The summed E-state index contributed by atoms with van der Waals surface area (Å²) in [5, 5.41) is 0. The average molecular weight is 443 g/mol. The van der Waals surface area contributed by atoms with Gasteiger partial charge in [0, 0.05) is 11.5 Å². The lowest BCUT2D eigenvalue weighted by atomic mass is 9.87. The van der Waals surface area contributed by atoms with Gasteiger partial charge in [0.05, 0.1) is 0 Å². The van der Waals surface area contributed by atoms with Gasteiger partial charge < -0.3 is 0 Å². The first kappa shape index (κ1) is 23.7. The monoisotopic (exact) mass is 442 g/mol. The molecule has 0 amide bonds. The Balaban J connectivity index is 1.25. The van der Waals surface area contributed by atoms with Crippen molar-refractivity contribution in [2.75, 3.05) is 0 Å². The third-order valence-corrected chi connectivity index (χ3v) is 7.73. The van der Waals surface area contributed by atoms with Crippen LogP contribution in [-0.4, -0.2) is 11.6 Å². The minimum atomic E-state index is 0.139. The number of rotatable bonds is 13. The quantitative estimate of drug-likeness (QED) is 0.177. The van der Waals surface area contributed by atoms with Crippen LogP contribution in [0.25, 0.3) is 0 Å². The van der Waals surface area contributed by atoms with Crippen LogP contribution in [0.5, 0.6) is 0 Å². The number of carbonyl (C=O) groups excluding carboxylic acids is 2. The van der Waals surface area contributed by atoms with Crippen molar-refractivity contribution in [2.24, 2.45) is 17.8 Å². The number of ketones is 2. The molecule has 1 aromatic carbocycles. The van der Waals surface area contributed by atoms with Gasteiger partial charge in [0.15, 0.2) is 11.6 Å². The molecule has 1 aromatic rings. The minimum Gasteiger partial charge on any atom is -0.295 e. The van der Waals surface area contributed by atoms with Crippen LogP contribution in [-0.2, 0) is 4.79 Å². The largest absolute Gasteiger partial charge is 0.295 e. The molecule has 3 aliphatic carbocycles. The van der Waals surface area contributed by atoms with Crippen LogP contribution < -0.4 is 0 Å². The second kappa shape index (κ2) is 10.7. The Hall–Kier alpha value is -2.44. The lowest BCUT2D eigenvalue weighted by Gasteiger charge is -2.16. The zero-order valence-corrected chi connectivity index (χ0v) is 20.4. The molecule has 0 aromatic heterocycles. The predicted octanol–water partition coefficient (Wildman–Crippen LogP) is 7.92. The van der Waals surface area contributed by atoms with E-state index in [2.05, 4.69) is 49.6 Å². The molecule has 0 saturated heterocycles. The Morgan fingerprint density at radius 3 is 2.33 bits per heavy atom. The van der Waals surface area contributed by atoms with Gasteiger partial charge in [0.1, 0.15) is 0 Å². The molecule has 0 radical (unpaired) electrons. The third-order valence-electron chi connectivity index (χ3n) is 7.73. The number of fused-ring (bicyclic) bond motifs is 1. The van der Waals surface area contributed by atoms with Gasteiger partial charge in [0.25, 0.3) is 0 Å². The Kier molecular flexibility index (Phi) is 7.66. The van der Waals surface area contributed by atoms with Crippen molar-refractivity contribution < 1.29 is 9.59 Å². The molecule has 0 heterocycles. The average Bonchev–Trinajstić information content (AvgIpc) is 3.73. The summed E-state index contributed by atoms with van der Waals surface area (Å²) in [6, 6.07) is 8.43. The maximum Gasteiger partial charge on any atom is 0.165 e. The smallest absolute Gasteiger partial charge is 0.165 e. The Morgan fingerprint density at radius 1 is 1.00 bits per heavy atom. The number of unbranched alkanes of at least 4 members (excludes halogenated alkanes) is 2. The van der Waals surface area contributed by atoms with Gasteiger partial charge in [-0.2, -0.15) is 0 Å². The van der Waals surface area contributed by atoms with E-state index in [4.69, 9.17) is 0 Å². The first-order chi connectivity index (χ1) is 16.0. The second-order valence-corrected chi connectivity index (χ2v) is 10.2. The van der Waals surface area contributed by atoms with E-state index in [0.717, 1.165) is 68.4 Å². The molecule has 0 bridgehead atoms. The van der Waals surface area contributed by atoms with Crippen LogP contribution in [0.3, 0.4) is 0 Å². The molecule has 0 N–H and O–H groups in total. The van der Waals surface area contributed by atoms with E-state index < -0.39 is 0 Å². The Labute approximate surface area is 199 Å². The Bertz CT molecular complexity index is 996. The number of carbonyl (C=O) groups is 2. The summed E-state index contributed by atoms with van der Waals surface area (Å²) in [7, 11) is 0. The molecule has 3 unspecified atom stereocenters. The van der Waals surface area contributed by atoms with E-state index in [0.29, 0.717) is 17.6 Å². The first-order valence-electron chi connectivity index (χ1n) is 13.0. The van der Waals surface area contributed by atoms with Crippen LogP contribution >= 0.6 is 0 Å². The van der Waals surface area contributed by atoms with E-state index in [9.17, 15) is 9.59 Å². The van der Waals surface area contributed by atoms with Crippen molar-refractivity contribution in [3.8, 4) is 0 Å². The predicted molar refractivity (Wildman–Crippen MR) is 135 cm³/mol. The summed E-state index contributed by atoms with van der Waals surface area (Å²) < 4.78 is 0. The van der Waals surface area contributed by atoms with Crippen LogP contribution in [0.1, 0.15) is 99.9 Å². The van der Waals surface area contributed by atoms with Crippen molar-refractivity contribution in [2.45, 2.75) is 84.0 Å². The summed E-state index contributed by atoms with van der Waals surface area (Å²) in [6.45, 7) is 7.78. The van der Waals surface area contributed by atoms with Crippen molar-refractivity contribution in [3.05, 3.63) is 76.6 Å². The molecule has 3 atom stereocenters. The molecular formula is C31H38O2. The van der Waals surface area contributed by atoms with Crippen molar-refractivity contribution in [3.63, 3.8) is 0 Å². The zero-order valence-electron chi connectivity index (χ0n) is 20.4. The molecule has 174 valence electrons.